The van der Waals surface area contributed by atoms with Crippen molar-refractivity contribution in [1.82, 2.24) is 15.0 Å². The van der Waals surface area contributed by atoms with Gasteiger partial charge in [-0.2, -0.15) is 0 Å². The van der Waals surface area contributed by atoms with Crippen molar-refractivity contribution in [3.05, 3.63) is 51.4 Å². The fraction of sp³-hybridized carbons (Fsp3) is 0.364. The van der Waals surface area contributed by atoms with E-state index in [1.54, 1.807) is 11.0 Å². The number of benzene rings is 1. The molecule has 0 amide bonds. The lowest BCUT2D eigenvalue weighted by Gasteiger charge is -2.33. The molecule has 1 fully saturated rings. The molecule has 1 saturated heterocycles. The van der Waals surface area contributed by atoms with Crippen LogP contribution in [-0.2, 0) is 0 Å². The Balaban J connectivity index is 1.74. The highest BCUT2D eigenvalue weighted by Gasteiger charge is 2.35. The average molecular weight is 496 g/mol. The molecule has 0 aliphatic carbocycles. The van der Waals surface area contributed by atoms with Gasteiger partial charge in [0.15, 0.2) is 16.7 Å². The Morgan fingerprint density at radius 3 is 2.55 bits per heavy atom. The molecule has 7 nitrogen and oxygen atoms in total. The number of aromatic carboxylic acids is 1. The number of piperidine rings is 1. The van der Waals surface area contributed by atoms with Gasteiger partial charge in [-0.25, -0.2) is 28.5 Å². The number of carboxylic acid groups (broad SMARTS) is 1. The van der Waals surface area contributed by atoms with Crippen LogP contribution in [0.2, 0.25) is 10.3 Å². The quantitative estimate of drug-likeness (QED) is 0.435. The molecular formula is C22H21Cl2F2N5O2. The largest absolute Gasteiger partial charge is 0.476 e. The minimum absolute atomic E-state index is 0.0730. The summed E-state index contributed by atoms with van der Waals surface area (Å²) in [7, 11) is 0. The van der Waals surface area contributed by atoms with Gasteiger partial charge in [0, 0.05) is 31.5 Å². The van der Waals surface area contributed by atoms with E-state index in [9.17, 15) is 18.7 Å². The van der Waals surface area contributed by atoms with Crippen molar-refractivity contribution >= 4 is 51.7 Å². The Hall–Kier alpha value is -2.78. The maximum absolute atomic E-state index is 13.6. The van der Waals surface area contributed by atoms with Gasteiger partial charge in [0.1, 0.15) is 5.15 Å². The van der Waals surface area contributed by atoms with Crippen LogP contribution < -0.4 is 10.2 Å². The number of carboxylic acids is 1. The second kappa shape index (κ2) is 8.87. The third-order valence-electron chi connectivity index (χ3n) is 5.58. The van der Waals surface area contributed by atoms with E-state index >= 15 is 0 Å². The third kappa shape index (κ3) is 4.94. The van der Waals surface area contributed by atoms with E-state index in [2.05, 4.69) is 15.3 Å². The van der Waals surface area contributed by atoms with Crippen LogP contribution in [0, 0.1) is 6.92 Å². The van der Waals surface area contributed by atoms with Gasteiger partial charge in [-0.3, -0.25) is 0 Å². The van der Waals surface area contributed by atoms with Gasteiger partial charge in [0.25, 0.3) is 5.92 Å². The van der Waals surface area contributed by atoms with Crippen LogP contribution in [0.1, 0.15) is 47.4 Å². The van der Waals surface area contributed by atoms with Gasteiger partial charge in [-0.05, 0) is 37.6 Å². The van der Waals surface area contributed by atoms with Crippen LogP contribution in [-0.4, -0.2) is 45.0 Å². The predicted molar refractivity (Wildman–Crippen MR) is 124 cm³/mol. The standard InChI is InChI=1S/C22H21Cl2F2N5O2/c1-11-9-13(12(2)27-14-3-4-16(23)29-18(14)21(32)33)17-15(10-11)28-19(24)20(30-17)31-7-5-22(25,26)6-8-31/h3-4,9-10,12,27H,5-8H2,1-2H3,(H,32,33)/t12-/m1/s1. The highest BCUT2D eigenvalue weighted by molar-refractivity contribution is 6.32. The first-order valence-corrected chi connectivity index (χ1v) is 11.1. The smallest absolute Gasteiger partial charge is 0.356 e. The maximum Gasteiger partial charge on any atom is 0.356 e. The zero-order valence-corrected chi connectivity index (χ0v) is 19.4. The zero-order chi connectivity index (χ0) is 23.9. The molecule has 1 atom stereocenters. The van der Waals surface area contributed by atoms with Crippen LogP contribution in [0.3, 0.4) is 0 Å². The van der Waals surface area contributed by atoms with Crippen molar-refractivity contribution in [3.63, 3.8) is 0 Å². The second-order valence-corrected chi connectivity index (χ2v) is 8.85. The molecule has 2 N–H and O–H groups in total. The van der Waals surface area contributed by atoms with E-state index in [0.29, 0.717) is 22.5 Å². The maximum atomic E-state index is 13.6. The van der Waals surface area contributed by atoms with E-state index in [4.69, 9.17) is 28.2 Å². The number of fused-ring (bicyclic) bond motifs is 1. The molecule has 0 spiro atoms. The Labute approximate surface area is 198 Å². The van der Waals surface area contributed by atoms with Gasteiger partial charge in [0.05, 0.1) is 22.8 Å². The van der Waals surface area contributed by atoms with Crippen LogP contribution in [0.25, 0.3) is 11.0 Å². The summed E-state index contributed by atoms with van der Waals surface area (Å²) in [4.78, 5) is 26.4. The van der Waals surface area contributed by atoms with E-state index in [-0.39, 0.29) is 48.0 Å². The van der Waals surface area contributed by atoms with Crippen LogP contribution in [0.5, 0.6) is 0 Å². The summed E-state index contributed by atoms with van der Waals surface area (Å²) >= 11 is 12.2. The second-order valence-electron chi connectivity index (χ2n) is 8.10. The Bertz CT molecular complexity index is 1230. The van der Waals surface area contributed by atoms with Crippen LogP contribution >= 0.6 is 23.2 Å². The van der Waals surface area contributed by atoms with Crippen LogP contribution in [0.15, 0.2) is 24.3 Å². The molecular weight excluding hydrogens is 475 g/mol. The number of hydrogen-bond donors (Lipinski definition) is 2. The first kappa shape index (κ1) is 23.4. The van der Waals surface area contributed by atoms with Crippen molar-refractivity contribution in [2.24, 2.45) is 0 Å². The first-order chi connectivity index (χ1) is 15.5. The van der Waals surface area contributed by atoms with E-state index in [0.717, 1.165) is 11.1 Å². The summed E-state index contributed by atoms with van der Waals surface area (Å²) in [5.74, 6) is -3.55. The highest BCUT2D eigenvalue weighted by atomic mass is 35.5. The Morgan fingerprint density at radius 2 is 1.88 bits per heavy atom. The number of aromatic nitrogens is 3. The number of halogens is 4. The molecule has 0 unspecified atom stereocenters. The van der Waals surface area contributed by atoms with Crippen LogP contribution in [0.4, 0.5) is 20.3 Å². The van der Waals surface area contributed by atoms with E-state index < -0.39 is 11.9 Å². The molecule has 174 valence electrons. The van der Waals surface area contributed by atoms with Crippen molar-refractivity contribution < 1.29 is 18.7 Å². The van der Waals surface area contributed by atoms with Crippen molar-refractivity contribution in [1.29, 1.82) is 0 Å². The Morgan fingerprint density at radius 1 is 1.18 bits per heavy atom. The number of hydrogen-bond acceptors (Lipinski definition) is 6. The number of rotatable bonds is 5. The predicted octanol–water partition coefficient (Wildman–Crippen LogP) is 5.75. The molecule has 3 heterocycles. The summed E-state index contributed by atoms with van der Waals surface area (Å²) in [5, 5.41) is 12.9. The fourth-order valence-corrected chi connectivity index (χ4v) is 4.31. The molecule has 4 rings (SSSR count). The lowest BCUT2D eigenvalue weighted by atomic mass is 10.0. The Kier molecular flexibility index (Phi) is 6.28. The van der Waals surface area contributed by atoms with Crippen molar-refractivity contribution in [2.75, 3.05) is 23.3 Å². The lowest BCUT2D eigenvalue weighted by Crippen LogP contribution is -2.40. The normalized spacial score (nSPS) is 16.6. The topological polar surface area (TPSA) is 91.2 Å². The van der Waals surface area contributed by atoms with Crippen molar-refractivity contribution in [3.8, 4) is 0 Å². The summed E-state index contributed by atoms with van der Waals surface area (Å²) in [6, 6.07) is 6.42. The zero-order valence-electron chi connectivity index (χ0n) is 17.9. The van der Waals surface area contributed by atoms with Gasteiger partial charge in [0.2, 0.25) is 0 Å². The molecule has 1 aromatic carbocycles. The summed E-state index contributed by atoms with van der Waals surface area (Å²) in [5.41, 5.74) is 2.88. The number of alkyl halides is 2. The number of anilines is 2. The van der Waals surface area contributed by atoms with Gasteiger partial charge in [-0.15, -0.1) is 0 Å². The highest BCUT2D eigenvalue weighted by Crippen LogP contribution is 2.35. The minimum atomic E-state index is -2.69. The molecule has 33 heavy (non-hydrogen) atoms. The SMILES string of the molecule is Cc1cc([C@@H](C)Nc2ccc(Cl)nc2C(=O)O)c2nc(N3CCC(F)(F)CC3)c(Cl)nc2c1. The molecule has 0 radical (unpaired) electrons. The molecule has 11 heteroatoms. The lowest BCUT2D eigenvalue weighted by molar-refractivity contribution is -0.0221. The fourth-order valence-electron chi connectivity index (χ4n) is 3.90. The molecule has 3 aromatic rings. The number of carbonyl (C=O) groups is 1. The molecule has 1 aliphatic rings. The molecule has 2 aromatic heterocycles. The molecule has 0 bridgehead atoms. The average Bonchev–Trinajstić information content (AvgIpc) is 2.74. The van der Waals surface area contributed by atoms with Gasteiger partial charge in [-0.1, -0.05) is 29.3 Å². The van der Waals surface area contributed by atoms with E-state index in [1.165, 1.54) is 6.07 Å². The molecule has 1 aliphatic heterocycles. The number of aryl methyl sites for hydroxylation is 1. The third-order valence-corrected chi connectivity index (χ3v) is 6.05. The van der Waals surface area contributed by atoms with Crippen molar-refractivity contribution in [2.45, 2.75) is 38.7 Å². The number of pyridine rings is 1. The first-order valence-electron chi connectivity index (χ1n) is 10.3. The summed E-state index contributed by atoms with van der Waals surface area (Å²) in [6.45, 7) is 4.00. The van der Waals surface area contributed by atoms with Gasteiger partial charge >= 0.3 is 5.97 Å². The number of nitrogens with zero attached hydrogens (tertiary/aromatic N) is 4. The minimum Gasteiger partial charge on any atom is -0.476 e. The monoisotopic (exact) mass is 495 g/mol. The summed E-state index contributed by atoms with van der Waals surface area (Å²) in [6.07, 6.45) is -0.549. The van der Waals surface area contributed by atoms with E-state index in [1.807, 2.05) is 26.0 Å². The molecule has 0 saturated carbocycles. The summed E-state index contributed by atoms with van der Waals surface area (Å²) < 4.78 is 27.2. The number of nitrogens with one attached hydrogen (secondary N) is 1. The van der Waals surface area contributed by atoms with Gasteiger partial charge < -0.3 is 15.3 Å².